The summed E-state index contributed by atoms with van der Waals surface area (Å²) < 4.78 is 0. The molecule has 10 nitrogen and oxygen atoms in total. The lowest BCUT2D eigenvalue weighted by molar-refractivity contribution is -0.160. The summed E-state index contributed by atoms with van der Waals surface area (Å²) in [7, 11) is 0. The Hall–Kier alpha value is -2.06. The highest BCUT2D eigenvalue weighted by atomic mass is 16.4. The first-order valence-electron chi connectivity index (χ1n) is 4.95. The number of carbonyl (C=O) groups is 2. The maximum Gasteiger partial charge on any atom is 0.335 e. The molecular formula is C9H13N3O7. The van der Waals surface area contributed by atoms with Gasteiger partial charge in [-0.05, 0) is 0 Å². The molecule has 0 aromatic heterocycles. The number of nitriles is 1. The highest BCUT2D eigenvalue weighted by Gasteiger charge is 2.33. The van der Waals surface area contributed by atoms with Gasteiger partial charge in [0.2, 0.25) is 0 Å². The van der Waals surface area contributed by atoms with E-state index in [-0.39, 0.29) is 0 Å². The van der Waals surface area contributed by atoms with Gasteiger partial charge in [0.05, 0.1) is 12.3 Å². The van der Waals surface area contributed by atoms with Gasteiger partial charge in [-0.2, -0.15) is 10.4 Å². The standard InChI is InChI=1S/C9H13N3O7/c10-2-1-5(14)12-11-3-4(13)6(15)7(16)8(17)9(18)19/h3-4,6-8,13,15-17H,1H2,(H,12,14)(H,18,19). The van der Waals surface area contributed by atoms with E-state index in [9.17, 15) is 24.9 Å². The van der Waals surface area contributed by atoms with Gasteiger partial charge in [-0.1, -0.05) is 0 Å². The SMILES string of the molecule is N#CCC(=O)NN=CC(O)C(O)C(O)C(O)C(=O)O. The van der Waals surface area contributed by atoms with Gasteiger partial charge >= 0.3 is 5.97 Å². The van der Waals surface area contributed by atoms with Gasteiger partial charge in [0.15, 0.2) is 6.10 Å². The van der Waals surface area contributed by atoms with Crippen LogP contribution in [0.4, 0.5) is 0 Å². The van der Waals surface area contributed by atoms with Crippen LogP contribution in [0.3, 0.4) is 0 Å². The van der Waals surface area contributed by atoms with E-state index in [2.05, 4.69) is 5.10 Å². The number of carboxylic acids is 1. The fourth-order valence-electron chi connectivity index (χ4n) is 0.920. The topological polar surface area (TPSA) is 183 Å². The summed E-state index contributed by atoms with van der Waals surface area (Å²) >= 11 is 0. The molecule has 0 saturated heterocycles. The molecule has 0 aliphatic heterocycles. The molecule has 6 N–H and O–H groups in total. The van der Waals surface area contributed by atoms with E-state index in [1.54, 1.807) is 0 Å². The minimum atomic E-state index is -2.29. The van der Waals surface area contributed by atoms with Gasteiger partial charge in [-0.25, -0.2) is 10.2 Å². The zero-order valence-corrected chi connectivity index (χ0v) is 9.54. The number of aliphatic hydroxyl groups is 4. The fraction of sp³-hybridized carbons (Fsp3) is 0.556. The molecule has 0 aliphatic carbocycles. The summed E-state index contributed by atoms with van der Waals surface area (Å²) in [5.41, 5.74) is 1.84. The van der Waals surface area contributed by atoms with E-state index in [1.807, 2.05) is 5.43 Å². The van der Waals surface area contributed by atoms with Crippen LogP contribution in [0.1, 0.15) is 6.42 Å². The van der Waals surface area contributed by atoms with Crippen molar-refractivity contribution in [2.75, 3.05) is 0 Å². The van der Waals surface area contributed by atoms with Crippen LogP contribution in [-0.2, 0) is 9.59 Å². The Labute approximate surface area is 107 Å². The lowest BCUT2D eigenvalue weighted by Gasteiger charge is -2.22. The lowest BCUT2D eigenvalue weighted by Crippen LogP contribution is -2.48. The Morgan fingerprint density at radius 1 is 1.26 bits per heavy atom. The zero-order chi connectivity index (χ0) is 15.0. The van der Waals surface area contributed by atoms with Crippen LogP contribution in [0.5, 0.6) is 0 Å². The summed E-state index contributed by atoms with van der Waals surface area (Å²) in [6, 6.07) is 1.54. The molecular weight excluding hydrogens is 262 g/mol. The van der Waals surface area contributed by atoms with E-state index in [4.69, 9.17) is 15.5 Å². The predicted octanol–water partition coefficient (Wildman–Crippen LogP) is -3.47. The average molecular weight is 275 g/mol. The van der Waals surface area contributed by atoms with E-state index in [0.29, 0.717) is 6.21 Å². The Kier molecular flexibility index (Phi) is 7.23. The third-order valence-corrected chi connectivity index (χ3v) is 1.93. The summed E-state index contributed by atoms with van der Waals surface area (Å²) in [4.78, 5) is 21.1. The molecule has 0 saturated carbocycles. The summed E-state index contributed by atoms with van der Waals surface area (Å²) in [6.07, 6.45) is -8.14. The minimum Gasteiger partial charge on any atom is -0.479 e. The third kappa shape index (κ3) is 5.89. The van der Waals surface area contributed by atoms with Crippen LogP contribution in [0.2, 0.25) is 0 Å². The molecule has 0 radical (unpaired) electrons. The predicted molar refractivity (Wildman–Crippen MR) is 58.5 cm³/mol. The van der Waals surface area contributed by atoms with Crippen molar-refractivity contribution in [3.63, 3.8) is 0 Å². The molecule has 1 amide bonds. The largest absolute Gasteiger partial charge is 0.479 e. The summed E-state index contributed by atoms with van der Waals surface area (Å²) in [5.74, 6) is -2.54. The minimum absolute atomic E-state index is 0.462. The number of aliphatic hydroxyl groups excluding tert-OH is 4. The first kappa shape index (κ1) is 16.9. The van der Waals surface area contributed by atoms with Gasteiger partial charge in [0.25, 0.3) is 5.91 Å². The number of carbonyl (C=O) groups excluding carboxylic acids is 1. The van der Waals surface area contributed by atoms with Gasteiger partial charge in [-0.3, -0.25) is 4.79 Å². The molecule has 0 fully saturated rings. The number of hydrogen-bond acceptors (Lipinski definition) is 8. The normalized spacial score (nSPS) is 17.2. The smallest absolute Gasteiger partial charge is 0.335 e. The Balaban J connectivity index is 4.38. The average Bonchev–Trinajstić information content (AvgIpc) is 2.36. The van der Waals surface area contributed by atoms with Crippen molar-refractivity contribution in [3.8, 4) is 6.07 Å². The maximum atomic E-state index is 10.8. The first-order valence-corrected chi connectivity index (χ1v) is 4.95. The number of hydrazone groups is 1. The van der Waals surface area contributed by atoms with E-state index in [0.717, 1.165) is 0 Å². The van der Waals surface area contributed by atoms with Crippen molar-refractivity contribution in [2.45, 2.75) is 30.8 Å². The van der Waals surface area contributed by atoms with Crippen molar-refractivity contribution >= 4 is 18.1 Å². The van der Waals surface area contributed by atoms with E-state index < -0.39 is 42.7 Å². The van der Waals surface area contributed by atoms with Crippen molar-refractivity contribution in [1.29, 1.82) is 5.26 Å². The van der Waals surface area contributed by atoms with Crippen molar-refractivity contribution in [3.05, 3.63) is 0 Å². The molecule has 0 bridgehead atoms. The Bertz CT molecular complexity index is 392. The molecule has 0 aromatic rings. The quantitative estimate of drug-likeness (QED) is 0.204. The van der Waals surface area contributed by atoms with Crippen LogP contribution >= 0.6 is 0 Å². The highest BCUT2D eigenvalue weighted by Crippen LogP contribution is 2.04. The number of carboxylic acid groups (broad SMARTS) is 1. The van der Waals surface area contributed by atoms with Gasteiger partial charge in [-0.15, -0.1) is 0 Å². The van der Waals surface area contributed by atoms with Crippen LogP contribution in [0.25, 0.3) is 0 Å². The second kappa shape index (κ2) is 8.11. The van der Waals surface area contributed by atoms with Crippen molar-refractivity contribution < 1.29 is 35.1 Å². The monoisotopic (exact) mass is 275 g/mol. The molecule has 19 heavy (non-hydrogen) atoms. The second-order valence-electron chi connectivity index (χ2n) is 3.40. The Morgan fingerprint density at radius 2 is 1.84 bits per heavy atom. The number of aliphatic carboxylic acids is 1. The molecule has 0 aliphatic rings. The number of hydrogen-bond donors (Lipinski definition) is 6. The van der Waals surface area contributed by atoms with Crippen LogP contribution in [0.15, 0.2) is 5.10 Å². The molecule has 0 rings (SSSR count). The third-order valence-electron chi connectivity index (χ3n) is 1.93. The van der Waals surface area contributed by atoms with Crippen LogP contribution in [-0.4, -0.2) is 68.0 Å². The van der Waals surface area contributed by atoms with Gasteiger partial charge in [0, 0.05) is 0 Å². The number of nitrogens with one attached hydrogen (secondary N) is 1. The molecule has 106 valence electrons. The van der Waals surface area contributed by atoms with E-state index >= 15 is 0 Å². The number of nitrogens with zero attached hydrogens (tertiary/aromatic N) is 2. The van der Waals surface area contributed by atoms with Gasteiger partial charge < -0.3 is 25.5 Å². The second-order valence-corrected chi connectivity index (χ2v) is 3.40. The van der Waals surface area contributed by atoms with E-state index in [1.165, 1.54) is 6.07 Å². The molecule has 0 aromatic carbocycles. The zero-order valence-electron chi connectivity index (χ0n) is 9.54. The van der Waals surface area contributed by atoms with Gasteiger partial charge in [0.1, 0.15) is 24.7 Å². The highest BCUT2D eigenvalue weighted by molar-refractivity contribution is 5.79. The van der Waals surface area contributed by atoms with Crippen molar-refractivity contribution in [1.82, 2.24) is 5.43 Å². The number of amides is 1. The fourth-order valence-corrected chi connectivity index (χ4v) is 0.920. The summed E-state index contributed by atoms with van der Waals surface area (Å²) in [6.45, 7) is 0. The van der Waals surface area contributed by atoms with Crippen LogP contribution < -0.4 is 5.43 Å². The molecule has 0 heterocycles. The molecule has 4 unspecified atom stereocenters. The number of rotatable bonds is 7. The molecule has 4 atom stereocenters. The molecule has 0 spiro atoms. The maximum absolute atomic E-state index is 10.8. The first-order chi connectivity index (χ1) is 8.81. The molecule has 10 heteroatoms. The Morgan fingerprint density at radius 3 is 2.32 bits per heavy atom. The lowest BCUT2D eigenvalue weighted by atomic mass is 10.0. The van der Waals surface area contributed by atoms with Crippen LogP contribution in [0, 0.1) is 11.3 Å². The summed E-state index contributed by atoms with van der Waals surface area (Å²) in [5, 5.41) is 56.4. The van der Waals surface area contributed by atoms with Crippen molar-refractivity contribution in [2.24, 2.45) is 5.10 Å².